The van der Waals surface area contributed by atoms with Crippen molar-refractivity contribution in [1.29, 1.82) is 0 Å². The first-order valence-corrected chi connectivity index (χ1v) is 8.80. The van der Waals surface area contributed by atoms with E-state index in [-0.39, 0.29) is 24.3 Å². The molecule has 0 aliphatic carbocycles. The van der Waals surface area contributed by atoms with E-state index in [1.807, 2.05) is 0 Å². The first kappa shape index (κ1) is 16.6. The van der Waals surface area contributed by atoms with E-state index in [1.165, 1.54) is 0 Å². The molecule has 0 radical (unpaired) electrons. The standard InChI is InChI=1S/C18H20N4O4/c1-21-13-7-6-12(10-14(13)25-11-15(21)23)16-19-17(26-20-16)18(24)22-8-4-2-3-5-9-22/h6-7,10H,2-5,8-9,11H2,1H3. The summed E-state index contributed by atoms with van der Waals surface area (Å²) < 4.78 is 10.7. The Kier molecular flexibility index (Phi) is 4.32. The number of ether oxygens (including phenoxy) is 1. The lowest BCUT2D eigenvalue weighted by Crippen LogP contribution is -2.35. The van der Waals surface area contributed by atoms with Gasteiger partial charge in [-0.05, 0) is 31.0 Å². The van der Waals surface area contributed by atoms with Gasteiger partial charge in [-0.25, -0.2) is 0 Å². The number of aromatic nitrogens is 2. The zero-order chi connectivity index (χ0) is 18.1. The highest BCUT2D eigenvalue weighted by Crippen LogP contribution is 2.34. The van der Waals surface area contributed by atoms with Crippen LogP contribution in [0.15, 0.2) is 22.7 Å². The Morgan fingerprint density at radius 3 is 2.69 bits per heavy atom. The van der Waals surface area contributed by atoms with E-state index in [2.05, 4.69) is 10.1 Å². The smallest absolute Gasteiger partial charge is 0.316 e. The maximum atomic E-state index is 12.6. The molecule has 2 aliphatic rings. The van der Waals surface area contributed by atoms with Crippen molar-refractivity contribution in [2.24, 2.45) is 0 Å². The Labute approximate surface area is 150 Å². The van der Waals surface area contributed by atoms with Gasteiger partial charge in [0.05, 0.1) is 5.69 Å². The van der Waals surface area contributed by atoms with Crippen LogP contribution in [0.1, 0.15) is 36.4 Å². The van der Waals surface area contributed by atoms with Gasteiger partial charge in [-0.1, -0.05) is 18.0 Å². The predicted molar refractivity (Wildman–Crippen MR) is 93.0 cm³/mol. The van der Waals surface area contributed by atoms with E-state index in [1.54, 1.807) is 35.0 Å². The molecular weight excluding hydrogens is 336 g/mol. The summed E-state index contributed by atoms with van der Waals surface area (Å²) in [4.78, 5) is 31.8. The molecule has 0 spiro atoms. The molecule has 1 aromatic carbocycles. The fourth-order valence-corrected chi connectivity index (χ4v) is 3.25. The summed E-state index contributed by atoms with van der Waals surface area (Å²) in [7, 11) is 1.70. The summed E-state index contributed by atoms with van der Waals surface area (Å²) in [6.07, 6.45) is 4.29. The molecule has 2 aromatic rings. The van der Waals surface area contributed by atoms with Gasteiger partial charge in [0, 0.05) is 25.7 Å². The van der Waals surface area contributed by atoms with Crippen molar-refractivity contribution in [2.75, 3.05) is 31.6 Å². The Hall–Kier alpha value is -2.90. The third-order valence-electron chi connectivity index (χ3n) is 4.81. The molecule has 0 N–H and O–H groups in total. The summed E-state index contributed by atoms with van der Waals surface area (Å²) in [5.74, 6) is 0.595. The van der Waals surface area contributed by atoms with Gasteiger partial charge in [-0.15, -0.1) is 0 Å². The highest BCUT2D eigenvalue weighted by atomic mass is 16.5. The molecule has 1 aromatic heterocycles. The van der Waals surface area contributed by atoms with Crippen LogP contribution >= 0.6 is 0 Å². The van der Waals surface area contributed by atoms with Gasteiger partial charge < -0.3 is 19.1 Å². The number of nitrogens with zero attached hydrogens (tertiary/aromatic N) is 4. The van der Waals surface area contributed by atoms with Gasteiger partial charge in [0.25, 0.3) is 5.91 Å². The first-order valence-electron chi connectivity index (χ1n) is 8.80. The number of likely N-dealkylation sites (tertiary alicyclic amines) is 1. The molecule has 2 amide bonds. The minimum absolute atomic E-state index is 0.00209. The number of carbonyl (C=O) groups is 2. The molecular formula is C18H20N4O4. The van der Waals surface area contributed by atoms with Gasteiger partial charge in [0.15, 0.2) is 6.61 Å². The Balaban J connectivity index is 1.56. The van der Waals surface area contributed by atoms with Gasteiger partial charge >= 0.3 is 11.8 Å². The number of rotatable bonds is 2. The molecule has 4 rings (SSSR count). The Bertz CT molecular complexity index is 839. The number of amides is 2. The van der Waals surface area contributed by atoms with Crippen LogP contribution in [0.4, 0.5) is 5.69 Å². The first-order chi connectivity index (χ1) is 12.6. The second-order valence-electron chi connectivity index (χ2n) is 6.55. The van der Waals surface area contributed by atoms with Crippen LogP contribution in [-0.4, -0.2) is 53.6 Å². The number of likely N-dealkylation sites (N-methyl/N-ethyl adjacent to an activating group) is 1. The number of anilines is 1. The second-order valence-corrected chi connectivity index (χ2v) is 6.55. The minimum atomic E-state index is -0.217. The molecule has 26 heavy (non-hydrogen) atoms. The van der Waals surface area contributed by atoms with Crippen molar-refractivity contribution >= 4 is 17.5 Å². The number of hydrogen-bond acceptors (Lipinski definition) is 6. The van der Waals surface area contributed by atoms with Gasteiger partial charge in [-0.3, -0.25) is 9.59 Å². The number of benzene rings is 1. The van der Waals surface area contributed by atoms with Crippen molar-refractivity contribution in [1.82, 2.24) is 15.0 Å². The summed E-state index contributed by atoms with van der Waals surface area (Å²) in [5.41, 5.74) is 1.36. The third-order valence-corrected chi connectivity index (χ3v) is 4.81. The van der Waals surface area contributed by atoms with Crippen molar-refractivity contribution in [3.63, 3.8) is 0 Å². The molecule has 1 fully saturated rings. The van der Waals surface area contributed by atoms with Gasteiger partial charge in [0.1, 0.15) is 5.75 Å². The molecule has 1 saturated heterocycles. The molecule has 0 unspecified atom stereocenters. The van der Waals surface area contributed by atoms with Crippen LogP contribution < -0.4 is 9.64 Å². The van der Waals surface area contributed by atoms with Crippen molar-refractivity contribution < 1.29 is 18.8 Å². The normalized spacial score (nSPS) is 17.5. The maximum Gasteiger partial charge on any atom is 0.316 e. The van der Waals surface area contributed by atoms with Crippen LogP contribution in [0.5, 0.6) is 5.75 Å². The van der Waals surface area contributed by atoms with Crippen molar-refractivity contribution in [3.05, 3.63) is 24.1 Å². The molecule has 0 saturated carbocycles. The van der Waals surface area contributed by atoms with Crippen molar-refractivity contribution in [3.8, 4) is 17.1 Å². The van der Waals surface area contributed by atoms with Gasteiger partial charge in [-0.2, -0.15) is 4.98 Å². The van der Waals surface area contributed by atoms with E-state index in [9.17, 15) is 9.59 Å². The van der Waals surface area contributed by atoms with Crippen LogP contribution in [0, 0.1) is 0 Å². The number of fused-ring (bicyclic) bond motifs is 1. The number of carbonyl (C=O) groups excluding carboxylic acids is 2. The zero-order valence-electron chi connectivity index (χ0n) is 14.6. The molecule has 0 bridgehead atoms. The third kappa shape index (κ3) is 3.02. The second kappa shape index (κ2) is 6.78. The van der Waals surface area contributed by atoms with E-state index in [0.717, 1.165) is 38.8 Å². The largest absolute Gasteiger partial charge is 0.482 e. The van der Waals surface area contributed by atoms with E-state index >= 15 is 0 Å². The molecule has 2 aliphatic heterocycles. The quantitative estimate of drug-likeness (QED) is 0.819. The topological polar surface area (TPSA) is 88.8 Å². The van der Waals surface area contributed by atoms with Crippen LogP contribution in [0.3, 0.4) is 0 Å². The molecule has 3 heterocycles. The van der Waals surface area contributed by atoms with E-state index < -0.39 is 0 Å². The maximum absolute atomic E-state index is 12.6. The summed E-state index contributed by atoms with van der Waals surface area (Å²) in [5, 5.41) is 3.94. The van der Waals surface area contributed by atoms with Crippen LogP contribution in [-0.2, 0) is 4.79 Å². The van der Waals surface area contributed by atoms with Crippen molar-refractivity contribution in [2.45, 2.75) is 25.7 Å². The average Bonchev–Trinajstić information content (AvgIpc) is 2.99. The number of hydrogen-bond donors (Lipinski definition) is 0. The fourth-order valence-electron chi connectivity index (χ4n) is 3.25. The molecule has 136 valence electrons. The SMILES string of the molecule is CN1C(=O)COc2cc(-c3noc(C(=O)N4CCCCCC4)n3)ccc21. The van der Waals surface area contributed by atoms with E-state index in [0.29, 0.717) is 22.8 Å². The fraction of sp³-hybridized carbons (Fsp3) is 0.444. The summed E-state index contributed by atoms with van der Waals surface area (Å²) >= 11 is 0. The highest BCUT2D eigenvalue weighted by molar-refractivity contribution is 5.97. The average molecular weight is 356 g/mol. The van der Waals surface area contributed by atoms with Crippen LogP contribution in [0.2, 0.25) is 0 Å². The lowest BCUT2D eigenvalue weighted by Gasteiger charge is -2.25. The summed E-state index contributed by atoms with van der Waals surface area (Å²) in [6.45, 7) is 1.45. The van der Waals surface area contributed by atoms with Crippen LogP contribution in [0.25, 0.3) is 11.4 Å². The molecule has 8 heteroatoms. The predicted octanol–water partition coefficient (Wildman–Crippen LogP) is 2.11. The highest BCUT2D eigenvalue weighted by Gasteiger charge is 2.25. The molecule has 8 nitrogen and oxygen atoms in total. The van der Waals surface area contributed by atoms with Gasteiger partial charge in [0.2, 0.25) is 5.82 Å². The summed E-state index contributed by atoms with van der Waals surface area (Å²) in [6, 6.07) is 5.31. The lowest BCUT2D eigenvalue weighted by atomic mass is 10.1. The Morgan fingerprint density at radius 1 is 1.15 bits per heavy atom. The Morgan fingerprint density at radius 2 is 1.92 bits per heavy atom. The zero-order valence-corrected chi connectivity index (χ0v) is 14.6. The lowest BCUT2D eigenvalue weighted by molar-refractivity contribution is -0.120. The monoisotopic (exact) mass is 356 g/mol. The minimum Gasteiger partial charge on any atom is -0.482 e. The van der Waals surface area contributed by atoms with E-state index in [4.69, 9.17) is 9.26 Å². The molecule has 0 atom stereocenters.